The number of nitrogens with zero attached hydrogens (tertiary/aromatic N) is 5. The van der Waals surface area contributed by atoms with Crippen LogP contribution in [0.25, 0.3) is 0 Å². The van der Waals surface area contributed by atoms with Crippen molar-refractivity contribution in [3.8, 4) is 0 Å². The topological polar surface area (TPSA) is 580 Å². The average Bonchev–Trinajstić information content (AvgIpc) is 0.829. The lowest BCUT2D eigenvalue weighted by molar-refractivity contribution is -0.142. The molecule has 1 saturated heterocycles. The molecule has 39 nitrogen and oxygen atoms in total. The van der Waals surface area contributed by atoms with E-state index in [1.54, 1.807) is 24.5 Å². The minimum atomic E-state index is -1.61. The van der Waals surface area contributed by atoms with Crippen LogP contribution in [0.5, 0.6) is 0 Å². The van der Waals surface area contributed by atoms with Crippen LogP contribution < -0.4 is 69.6 Å². The molecule has 93 heavy (non-hydrogen) atoms. The molecule has 0 bridgehead atoms. The molecule has 4 unspecified atom stereocenters. The van der Waals surface area contributed by atoms with Gasteiger partial charge in [-0.15, -0.1) is 0 Å². The van der Waals surface area contributed by atoms with E-state index in [-0.39, 0.29) is 192 Å². The minimum Gasteiger partial charge on any atom is -0.481 e. The highest BCUT2D eigenvalue weighted by Gasteiger charge is 2.29. The highest BCUT2D eigenvalue weighted by molar-refractivity contribution is 5.87. The van der Waals surface area contributed by atoms with Crippen LogP contribution in [0.4, 0.5) is 32.3 Å². The summed E-state index contributed by atoms with van der Waals surface area (Å²) in [4.78, 5) is 201. The highest BCUT2D eigenvalue weighted by atomic mass is 16.4. The standard InChI is InChI=1S/C54H82N14O25/c69-35(27-65-19-21-66(28-38(74)75)23-25-68(30-40(78)79)26-24-67(22-20-65)29-39(76)77)55-13-16-64(17-14-58-43-41(45(80)47(43)82)56-11-3-1-5-31(49(84)85)60-53(92)62-33(51(88)89)7-9-36(70)71)18-15-59-44-42(46(81)48(44)83)57-12-4-2-6-32(50(86)87)61-54(93)63-34(52(90)91)8-10-37(72)73/h31-34,56-59H,1-30H2,(H,55,69)(H,70,71)(H,72,73)(H,74,75)(H,76,77)(H,78,79)(H,84,85)(H,86,87)(H,88,89)(H,90,91)(H2,60,62,92)(H2,61,63,93). The zero-order valence-electron chi connectivity index (χ0n) is 50.8. The number of hydrogen-bond donors (Lipinski definition) is 18. The average molecular weight is 1330 g/mol. The van der Waals surface area contributed by atoms with Gasteiger partial charge >= 0.3 is 65.8 Å². The van der Waals surface area contributed by atoms with E-state index in [1.807, 2.05) is 10.6 Å². The summed E-state index contributed by atoms with van der Waals surface area (Å²) in [6, 6.07) is -8.53. The molecule has 1 fully saturated rings. The molecule has 0 spiro atoms. The smallest absolute Gasteiger partial charge is 0.326 e. The molecule has 0 aliphatic carbocycles. The fourth-order valence-electron chi connectivity index (χ4n) is 9.52. The first-order valence-electron chi connectivity index (χ1n) is 29.6. The molecule has 39 heteroatoms. The van der Waals surface area contributed by atoms with E-state index in [0.717, 1.165) is 0 Å². The first kappa shape index (κ1) is 77.6. The molecule has 2 aromatic carbocycles. The number of amides is 5. The van der Waals surface area contributed by atoms with Gasteiger partial charge in [-0.3, -0.25) is 72.4 Å². The first-order valence-corrected chi connectivity index (χ1v) is 29.6. The van der Waals surface area contributed by atoms with Gasteiger partial charge in [-0.05, 0) is 51.4 Å². The Morgan fingerprint density at radius 3 is 0.892 bits per heavy atom. The number of carboxylic acid groups (broad SMARTS) is 9. The van der Waals surface area contributed by atoms with Crippen molar-refractivity contribution in [1.82, 2.24) is 51.1 Å². The van der Waals surface area contributed by atoms with Crippen molar-refractivity contribution in [3.63, 3.8) is 0 Å². The predicted octanol–water partition coefficient (Wildman–Crippen LogP) is -5.40. The van der Waals surface area contributed by atoms with E-state index in [4.69, 9.17) is 10.2 Å². The Kier molecular flexibility index (Phi) is 33.6. The number of urea groups is 2. The number of unbranched alkanes of at least 4 members (excludes halogenated alkanes) is 2. The molecule has 1 aliphatic heterocycles. The summed E-state index contributed by atoms with van der Waals surface area (Å²) in [7, 11) is 0. The second-order valence-corrected chi connectivity index (χ2v) is 21.7. The highest BCUT2D eigenvalue weighted by Crippen LogP contribution is 2.17. The summed E-state index contributed by atoms with van der Waals surface area (Å²) < 4.78 is 0. The monoisotopic (exact) mass is 1330 g/mol. The number of carbonyl (C=O) groups excluding carboxylic acids is 3. The summed E-state index contributed by atoms with van der Waals surface area (Å²) in [6.45, 7) is 0.371. The second kappa shape index (κ2) is 40.3. The summed E-state index contributed by atoms with van der Waals surface area (Å²) in [5.41, 5.74) is -3.72. The van der Waals surface area contributed by atoms with Crippen LogP contribution in [-0.2, 0) is 47.9 Å². The number of nitrogens with one attached hydrogen (secondary N) is 9. The Bertz CT molecular complexity index is 2880. The maximum absolute atomic E-state index is 13.6. The van der Waals surface area contributed by atoms with Gasteiger partial charge in [0.2, 0.25) is 5.91 Å². The summed E-state index contributed by atoms with van der Waals surface area (Å²) >= 11 is 0. The van der Waals surface area contributed by atoms with Crippen molar-refractivity contribution in [2.75, 3.05) is 152 Å². The van der Waals surface area contributed by atoms with Crippen molar-refractivity contribution in [3.05, 3.63) is 40.9 Å². The third kappa shape index (κ3) is 29.5. The molecular weight excluding hydrogens is 1240 g/mol. The summed E-state index contributed by atoms with van der Waals surface area (Å²) in [6.07, 6.45) is -1.71. The normalized spacial score (nSPS) is 15.0. The Labute approximate surface area is 529 Å². The zero-order valence-corrected chi connectivity index (χ0v) is 50.8. The molecule has 18 N–H and O–H groups in total. The lowest BCUT2D eigenvalue weighted by Gasteiger charge is -2.32. The van der Waals surface area contributed by atoms with Crippen molar-refractivity contribution in [2.24, 2.45) is 0 Å². The van der Waals surface area contributed by atoms with Gasteiger partial charge in [0.05, 0.1) is 26.2 Å². The number of carbonyl (C=O) groups is 12. The van der Waals surface area contributed by atoms with E-state index < -0.39 is 143 Å². The molecule has 2 aromatic rings. The lowest BCUT2D eigenvalue weighted by atomic mass is 10.1. The van der Waals surface area contributed by atoms with Crippen LogP contribution in [0.1, 0.15) is 64.2 Å². The number of hydrogen-bond acceptors (Lipinski definition) is 25. The van der Waals surface area contributed by atoms with E-state index in [9.17, 15) is 112 Å². The molecule has 3 rings (SSSR count). The minimum absolute atomic E-state index is 0.000647. The number of aliphatic carboxylic acids is 9. The quantitative estimate of drug-likeness (QED) is 0.0217. The van der Waals surface area contributed by atoms with Gasteiger partial charge in [0.25, 0.3) is 21.7 Å². The third-order valence-corrected chi connectivity index (χ3v) is 14.6. The van der Waals surface area contributed by atoms with Crippen molar-refractivity contribution in [2.45, 2.75) is 88.4 Å². The van der Waals surface area contributed by atoms with Gasteiger partial charge in [0.15, 0.2) is 0 Å². The van der Waals surface area contributed by atoms with Crippen LogP contribution in [-0.4, -0.2) is 297 Å². The van der Waals surface area contributed by atoms with Gasteiger partial charge in [0.1, 0.15) is 46.9 Å². The fourth-order valence-corrected chi connectivity index (χ4v) is 9.52. The van der Waals surface area contributed by atoms with Gasteiger partial charge < -0.3 is 93.8 Å². The SMILES string of the molecule is O=C(O)CCC(NC(=O)NC(CCCCNc1c(NCCN(CCNC(=O)CN2CCN(CC(=O)O)CCN(CC(=O)O)CCN(CC(=O)O)CC2)CCNc2c(NCCCCC(NC(=O)NC(CCC(=O)O)C(=O)O)C(=O)O)c(=O)c2=O)c(=O)c1=O)C(=O)O)C(=O)O. The van der Waals surface area contributed by atoms with Gasteiger partial charge in [0, 0.05) is 118 Å². The van der Waals surface area contributed by atoms with Crippen LogP contribution in [0, 0.1) is 0 Å². The van der Waals surface area contributed by atoms with Crippen molar-refractivity contribution in [1.29, 1.82) is 0 Å². The van der Waals surface area contributed by atoms with Gasteiger partial charge in [-0.25, -0.2) is 28.8 Å². The van der Waals surface area contributed by atoms with Crippen molar-refractivity contribution >= 4 is 94.4 Å². The number of anilines is 4. The van der Waals surface area contributed by atoms with Crippen LogP contribution >= 0.6 is 0 Å². The second-order valence-electron chi connectivity index (χ2n) is 21.7. The maximum atomic E-state index is 13.6. The molecule has 0 saturated carbocycles. The molecular formula is C54H82N14O25. The van der Waals surface area contributed by atoms with Crippen LogP contribution in [0.2, 0.25) is 0 Å². The first-order chi connectivity index (χ1) is 43.9. The van der Waals surface area contributed by atoms with E-state index in [2.05, 4.69) is 37.2 Å². The van der Waals surface area contributed by atoms with Crippen LogP contribution in [0.3, 0.4) is 0 Å². The summed E-state index contributed by atoms with van der Waals surface area (Å²) in [5.74, 6) is -12.5. The Morgan fingerprint density at radius 1 is 0.344 bits per heavy atom. The zero-order chi connectivity index (χ0) is 69.3. The number of carboxylic acids is 9. The maximum Gasteiger partial charge on any atom is 0.326 e. The van der Waals surface area contributed by atoms with Crippen LogP contribution in [0.15, 0.2) is 19.2 Å². The molecule has 1 heterocycles. The molecule has 5 amide bonds. The predicted molar refractivity (Wildman–Crippen MR) is 325 cm³/mol. The Hall–Kier alpha value is -9.60. The van der Waals surface area contributed by atoms with E-state index in [1.165, 1.54) is 0 Å². The Balaban J connectivity index is 1.70. The van der Waals surface area contributed by atoms with E-state index >= 15 is 0 Å². The van der Waals surface area contributed by atoms with Gasteiger partial charge in [-0.1, -0.05) is 0 Å². The summed E-state index contributed by atoms with van der Waals surface area (Å²) in [5, 5.41) is 107. The molecule has 0 aromatic heterocycles. The Morgan fingerprint density at radius 2 is 0.613 bits per heavy atom. The third-order valence-electron chi connectivity index (χ3n) is 14.6. The molecule has 518 valence electrons. The largest absolute Gasteiger partial charge is 0.481 e. The van der Waals surface area contributed by atoms with E-state index in [0.29, 0.717) is 0 Å². The fraction of sp³-hybridized carbons (Fsp3) is 0.630. The van der Waals surface area contributed by atoms with Gasteiger partial charge in [-0.2, -0.15) is 0 Å². The molecule has 4 atom stereocenters. The molecule has 1 aliphatic rings. The lowest BCUT2D eigenvalue weighted by Crippen LogP contribution is -2.51. The number of rotatable bonds is 45. The van der Waals surface area contributed by atoms with Crippen molar-refractivity contribution < 1.29 is 103 Å². The molecule has 0 radical (unpaired) electrons.